The van der Waals surface area contributed by atoms with E-state index >= 15 is 0 Å². The van der Waals surface area contributed by atoms with Crippen molar-refractivity contribution in [3.63, 3.8) is 0 Å². The first-order chi connectivity index (χ1) is 12.1. The third-order valence-corrected chi connectivity index (χ3v) is 5.73. The molecule has 0 bridgehead atoms. The van der Waals surface area contributed by atoms with Crippen molar-refractivity contribution in [3.05, 3.63) is 36.3 Å². The third-order valence-electron chi connectivity index (χ3n) is 5.73. The van der Waals surface area contributed by atoms with Gasteiger partial charge in [-0.05, 0) is 57.7 Å². The van der Waals surface area contributed by atoms with Gasteiger partial charge in [0.25, 0.3) is 0 Å². The van der Waals surface area contributed by atoms with Crippen molar-refractivity contribution in [2.75, 3.05) is 18.0 Å². The van der Waals surface area contributed by atoms with E-state index in [0.717, 1.165) is 31.1 Å². The Hall–Kier alpha value is -1.95. The van der Waals surface area contributed by atoms with E-state index in [-0.39, 0.29) is 0 Å². The quantitative estimate of drug-likeness (QED) is 0.855. The average molecular weight is 340 g/mol. The second-order valence-corrected chi connectivity index (χ2v) is 7.75. The summed E-state index contributed by atoms with van der Waals surface area (Å²) in [4.78, 5) is 5.16. The van der Waals surface area contributed by atoms with E-state index in [0.29, 0.717) is 24.0 Å². The Bertz CT molecular complexity index is 680. The van der Waals surface area contributed by atoms with E-state index < -0.39 is 0 Å². The maximum absolute atomic E-state index is 4.42. The highest BCUT2D eigenvalue weighted by atomic mass is 15.3. The molecule has 4 heterocycles. The predicted octanol–water partition coefficient (Wildman–Crippen LogP) is 2.36. The van der Waals surface area contributed by atoms with Crippen LogP contribution in [0.4, 0.5) is 5.82 Å². The molecule has 4 rings (SSSR count). The van der Waals surface area contributed by atoms with Gasteiger partial charge in [0.1, 0.15) is 0 Å². The Morgan fingerprint density at radius 3 is 2.80 bits per heavy atom. The number of aryl methyl sites for hydroxylation is 1. The molecule has 2 aromatic rings. The van der Waals surface area contributed by atoms with Crippen molar-refractivity contribution >= 4 is 5.82 Å². The lowest BCUT2D eigenvalue weighted by atomic mass is 9.92. The molecule has 3 atom stereocenters. The molecule has 25 heavy (non-hydrogen) atoms. The summed E-state index contributed by atoms with van der Waals surface area (Å²) in [5.41, 5.74) is 0.977. The predicted molar refractivity (Wildman–Crippen MR) is 98.5 cm³/mol. The number of anilines is 1. The molecular weight excluding hydrogens is 312 g/mol. The van der Waals surface area contributed by atoms with Crippen LogP contribution in [0.3, 0.4) is 0 Å². The lowest BCUT2D eigenvalue weighted by Crippen LogP contribution is -2.49. The molecule has 2 fully saturated rings. The molecule has 0 aliphatic carbocycles. The summed E-state index contributed by atoms with van der Waals surface area (Å²) in [5, 5.41) is 13.1. The highest BCUT2D eigenvalue weighted by molar-refractivity contribution is 5.38. The Morgan fingerprint density at radius 2 is 2.12 bits per heavy atom. The Morgan fingerprint density at radius 1 is 1.24 bits per heavy atom. The molecule has 0 radical (unpaired) electrons. The average Bonchev–Trinajstić information content (AvgIpc) is 3.22. The van der Waals surface area contributed by atoms with Crippen LogP contribution >= 0.6 is 0 Å². The van der Waals surface area contributed by atoms with Crippen molar-refractivity contribution in [3.8, 4) is 0 Å². The first-order valence-corrected chi connectivity index (χ1v) is 9.42. The highest BCUT2D eigenvalue weighted by Gasteiger charge is 2.45. The van der Waals surface area contributed by atoms with E-state index in [1.54, 1.807) is 0 Å². The maximum Gasteiger partial charge on any atom is 0.151 e. The van der Waals surface area contributed by atoms with Gasteiger partial charge >= 0.3 is 0 Å². The van der Waals surface area contributed by atoms with Crippen LogP contribution in [0.25, 0.3) is 0 Å². The lowest BCUT2D eigenvalue weighted by Gasteiger charge is -2.40. The van der Waals surface area contributed by atoms with Crippen LogP contribution in [0.1, 0.15) is 32.4 Å². The van der Waals surface area contributed by atoms with Crippen LogP contribution in [0.2, 0.25) is 0 Å². The molecule has 6 heteroatoms. The standard InChI is InChI=1S/C19H28N6/c1-14(2)25-17(13-24-9-4-8-20-24)11-16-12-23(10-7-18(16)25)19-6-5-15(3)21-22-19/h4-6,8-9,14,16-18H,7,10-13H2,1-3H3/t16-,17+,18+/m0/s1. The molecule has 2 aliphatic heterocycles. The zero-order chi connectivity index (χ0) is 17.4. The fraction of sp³-hybridized carbons (Fsp3) is 0.632. The molecule has 2 saturated heterocycles. The molecule has 6 nitrogen and oxygen atoms in total. The van der Waals surface area contributed by atoms with Gasteiger partial charge in [0, 0.05) is 43.6 Å². The summed E-state index contributed by atoms with van der Waals surface area (Å²) in [7, 11) is 0. The van der Waals surface area contributed by atoms with E-state index in [2.05, 4.69) is 62.0 Å². The third kappa shape index (κ3) is 3.27. The van der Waals surface area contributed by atoms with Crippen molar-refractivity contribution in [1.82, 2.24) is 24.9 Å². The van der Waals surface area contributed by atoms with E-state index in [1.165, 1.54) is 12.8 Å². The molecule has 0 aromatic carbocycles. The fourth-order valence-electron chi connectivity index (χ4n) is 4.75. The normalized spacial score (nSPS) is 27.0. The summed E-state index contributed by atoms with van der Waals surface area (Å²) >= 11 is 0. The first kappa shape index (κ1) is 16.5. The van der Waals surface area contributed by atoms with E-state index in [4.69, 9.17) is 0 Å². The highest BCUT2D eigenvalue weighted by Crippen LogP contribution is 2.38. The number of hydrogen-bond donors (Lipinski definition) is 0. The van der Waals surface area contributed by atoms with Crippen LogP contribution in [-0.4, -0.2) is 56.1 Å². The molecule has 2 aromatic heterocycles. The minimum atomic E-state index is 0.568. The van der Waals surface area contributed by atoms with Crippen LogP contribution in [0, 0.1) is 12.8 Å². The Balaban J connectivity index is 1.49. The molecule has 0 unspecified atom stereocenters. The molecule has 0 amide bonds. The van der Waals surface area contributed by atoms with Crippen LogP contribution in [-0.2, 0) is 6.54 Å². The van der Waals surface area contributed by atoms with Gasteiger partial charge in [0.15, 0.2) is 5.82 Å². The van der Waals surface area contributed by atoms with Gasteiger partial charge in [-0.25, -0.2) is 0 Å². The fourth-order valence-corrected chi connectivity index (χ4v) is 4.75. The number of likely N-dealkylation sites (tertiary alicyclic amines) is 1. The molecule has 2 aliphatic rings. The van der Waals surface area contributed by atoms with Gasteiger partial charge in [-0.3, -0.25) is 9.58 Å². The summed E-state index contributed by atoms with van der Waals surface area (Å²) < 4.78 is 2.08. The number of aromatic nitrogens is 4. The van der Waals surface area contributed by atoms with Crippen molar-refractivity contribution < 1.29 is 0 Å². The van der Waals surface area contributed by atoms with Crippen molar-refractivity contribution in [2.45, 2.75) is 58.3 Å². The molecular formula is C19H28N6. The van der Waals surface area contributed by atoms with Gasteiger partial charge in [-0.15, -0.1) is 5.10 Å². The minimum Gasteiger partial charge on any atom is -0.355 e. The monoisotopic (exact) mass is 340 g/mol. The van der Waals surface area contributed by atoms with Gasteiger partial charge < -0.3 is 4.90 Å². The molecule has 0 N–H and O–H groups in total. The molecule has 0 spiro atoms. The Labute approximate surface area is 149 Å². The second kappa shape index (κ2) is 6.75. The topological polar surface area (TPSA) is 50.1 Å². The number of nitrogens with zero attached hydrogens (tertiary/aromatic N) is 6. The lowest BCUT2D eigenvalue weighted by molar-refractivity contribution is 0.114. The zero-order valence-corrected chi connectivity index (χ0v) is 15.4. The molecule has 134 valence electrons. The summed E-state index contributed by atoms with van der Waals surface area (Å²) in [6, 6.07) is 8.00. The number of hydrogen-bond acceptors (Lipinski definition) is 5. The Kier molecular flexibility index (Phi) is 4.46. The minimum absolute atomic E-state index is 0.568. The van der Waals surface area contributed by atoms with Crippen LogP contribution < -0.4 is 4.90 Å². The smallest absolute Gasteiger partial charge is 0.151 e. The summed E-state index contributed by atoms with van der Waals surface area (Å²) in [5.74, 6) is 1.72. The summed E-state index contributed by atoms with van der Waals surface area (Å²) in [6.45, 7) is 9.79. The largest absolute Gasteiger partial charge is 0.355 e. The number of fused-ring (bicyclic) bond motifs is 1. The van der Waals surface area contributed by atoms with Gasteiger partial charge in [0.2, 0.25) is 0 Å². The van der Waals surface area contributed by atoms with Gasteiger partial charge in [-0.2, -0.15) is 10.2 Å². The van der Waals surface area contributed by atoms with Crippen LogP contribution in [0.15, 0.2) is 30.6 Å². The van der Waals surface area contributed by atoms with Crippen molar-refractivity contribution in [1.29, 1.82) is 0 Å². The number of rotatable bonds is 4. The maximum atomic E-state index is 4.42. The zero-order valence-electron chi connectivity index (χ0n) is 15.4. The summed E-state index contributed by atoms with van der Waals surface area (Å²) in [6.07, 6.45) is 6.39. The molecule has 0 saturated carbocycles. The second-order valence-electron chi connectivity index (χ2n) is 7.75. The van der Waals surface area contributed by atoms with Crippen LogP contribution in [0.5, 0.6) is 0 Å². The first-order valence-electron chi connectivity index (χ1n) is 9.42. The van der Waals surface area contributed by atoms with Gasteiger partial charge in [-0.1, -0.05) is 0 Å². The van der Waals surface area contributed by atoms with Crippen molar-refractivity contribution in [2.24, 2.45) is 5.92 Å². The SMILES string of the molecule is Cc1ccc(N2CC[C@@H]3[C@@H](C[C@H](Cn4cccn4)N3C(C)C)C2)nn1. The van der Waals surface area contributed by atoms with Gasteiger partial charge in [0.05, 0.1) is 12.2 Å². The van der Waals surface area contributed by atoms with E-state index in [1.807, 2.05) is 19.2 Å². The van der Waals surface area contributed by atoms with E-state index in [9.17, 15) is 0 Å². The number of piperidine rings is 1.